The molecule has 5 aromatic rings. The van der Waals surface area contributed by atoms with Crippen LogP contribution in [-0.4, -0.2) is 33.7 Å². The van der Waals surface area contributed by atoms with E-state index in [4.69, 9.17) is 27.1 Å². The van der Waals surface area contributed by atoms with Crippen molar-refractivity contribution >= 4 is 64.3 Å². The Hall–Kier alpha value is -3.96. The van der Waals surface area contributed by atoms with E-state index in [0.717, 1.165) is 70.3 Å². The number of ether oxygens (including phenoxy) is 1. The van der Waals surface area contributed by atoms with Crippen molar-refractivity contribution in [2.45, 2.75) is 62.9 Å². The van der Waals surface area contributed by atoms with Crippen molar-refractivity contribution in [2.24, 2.45) is 16.1 Å². The number of carbonyl (C=O) groups excluding carboxylic acids is 2. The van der Waals surface area contributed by atoms with Gasteiger partial charge in [-0.25, -0.2) is 4.98 Å². The second-order valence-electron chi connectivity index (χ2n) is 14.4. The van der Waals surface area contributed by atoms with E-state index < -0.39 is 17.7 Å². The molecule has 2 aliphatic rings. The summed E-state index contributed by atoms with van der Waals surface area (Å²) in [6.07, 6.45) is 7.13. The molecule has 2 heterocycles. The van der Waals surface area contributed by atoms with Crippen molar-refractivity contribution in [2.75, 3.05) is 5.75 Å². The molecule has 4 aromatic carbocycles. The number of halogens is 1. The van der Waals surface area contributed by atoms with Gasteiger partial charge in [-0.1, -0.05) is 109 Å². The van der Waals surface area contributed by atoms with Gasteiger partial charge < -0.3 is 25.5 Å². The van der Waals surface area contributed by atoms with Crippen LogP contribution in [0.5, 0.6) is 0 Å². The average Bonchev–Trinajstić information content (AvgIpc) is 3.82. The fourth-order valence-corrected chi connectivity index (χ4v) is 8.28. The summed E-state index contributed by atoms with van der Waals surface area (Å²) in [6.45, 7) is 3.65. The number of carboxylic acid groups (broad SMARTS) is 1. The van der Waals surface area contributed by atoms with Crippen LogP contribution in [0.15, 0.2) is 114 Å². The molecule has 1 aromatic heterocycles. The summed E-state index contributed by atoms with van der Waals surface area (Å²) in [5.74, 6) is -0.512. The number of nitrogens with zero attached hydrogens (tertiary/aromatic N) is 2. The average molecular weight is 784 g/mol. The van der Waals surface area contributed by atoms with E-state index >= 15 is 0 Å². The second kappa shape index (κ2) is 18.8. The standard InChI is InChI=1S/C35H36ClNO3S.C9H8N2O2.Na/c1-34(2,40)30-9-4-3-7-25(30)13-17-32(41-23-35(18-19-35)22-33(38)39)27-8-5-6-24(20-27)10-15-29-16-12-26-11-14-28(36)21-31(26)37-29;10-9-11-8(12)7(13-9)6-4-2-1-3-5-6;/h3-12,14-16,20-21,32,40H,13,17-19,22-23H2,1-2H3,(H,38,39);1-5,7H,(H2,10,11,12);/q;;+1/p-1/b15-10+;;/t32-;;/m1../s1. The van der Waals surface area contributed by atoms with Gasteiger partial charge in [0.2, 0.25) is 6.10 Å². The maximum absolute atomic E-state index is 11.4. The van der Waals surface area contributed by atoms with Gasteiger partial charge in [0.05, 0.1) is 16.8 Å². The Morgan fingerprint density at radius 3 is 2.44 bits per heavy atom. The van der Waals surface area contributed by atoms with Gasteiger partial charge in [0.1, 0.15) is 0 Å². The molecule has 0 radical (unpaired) electrons. The number of benzene rings is 4. The van der Waals surface area contributed by atoms with Crippen molar-refractivity contribution < 1.29 is 54.1 Å². The molecule has 278 valence electrons. The third-order valence-corrected chi connectivity index (χ3v) is 11.5. The molecular formula is C44H43ClN3NaO5S. The normalized spacial score (nSPS) is 16.4. The van der Waals surface area contributed by atoms with Crippen LogP contribution in [0.25, 0.3) is 23.1 Å². The number of aryl methyl sites for hydroxylation is 1. The summed E-state index contributed by atoms with van der Waals surface area (Å²) in [5.41, 5.74) is 11.1. The van der Waals surface area contributed by atoms with E-state index in [1.54, 1.807) is 12.1 Å². The summed E-state index contributed by atoms with van der Waals surface area (Å²) in [4.78, 5) is 30.8. The molecule has 1 aliphatic heterocycles. The van der Waals surface area contributed by atoms with Gasteiger partial charge in [-0.05, 0) is 104 Å². The number of aliphatic imine (C=N–C) groups is 1. The number of aliphatic carboxylic acids is 1. The van der Waals surface area contributed by atoms with Gasteiger partial charge in [-0.3, -0.25) is 4.79 Å². The molecule has 1 amide bonds. The number of fused-ring (bicyclic) bond motifs is 1. The van der Waals surface area contributed by atoms with Crippen molar-refractivity contribution in [3.05, 3.63) is 148 Å². The molecule has 2 atom stereocenters. The Kier molecular flexibility index (Phi) is 14.4. The van der Waals surface area contributed by atoms with Crippen molar-refractivity contribution in [1.82, 2.24) is 4.98 Å². The zero-order chi connectivity index (χ0) is 38.3. The van der Waals surface area contributed by atoms with E-state index in [1.165, 1.54) is 5.56 Å². The summed E-state index contributed by atoms with van der Waals surface area (Å²) in [5, 5.41) is 24.0. The van der Waals surface area contributed by atoms with Gasteiger partial charge in [0.15, 0.2) is 0 Å². The Labute approximate surface area is 353 Å². The molecule has 0 bridgehead atoms. The first-order valence-electron chi connectivity index (χ1n) is 17.9. The number of aromatic nitrogens is 1. The third-order valence-electron chi connectivity index (χ3n) is 9.61. The first kappa shape index (κ1) is 42.2. The van der Waals surface area contributed by atoms with Crippen LogP contribution in [0.1, 0.15) is 84.4 Å². The third kappa shape index (κ3) is 11.8. The van der Waals surface area contributed by atoms with E-state index in [2.05, 4.69) is 41.4 Å². The van der Waals surface area contributed by atoms with Crippen LogP contribution in [0, 0.1) is 5.41 Å². The number of hydrogen-bond donors (Lipinski definition) is 2. The summed E-state index contributed by atoms with van der Waals surface area (Å²) < 4.78 is 5.04. The van der Waals surface area contributed by atoms with Gasteiger partial charge in [-0.2, -0.15) is 16.8 Å². The number of hydrogen-bond acceptors (Lipinski definition) is 8. The monoisotopic (exact) mass is 783 g/mol. The number of aliphatic hydroxyl groups is 1. The molecule has 1 aliphatic carbocycles. The van der Waals surface area contributed by atoms with E-state index in [9.17, 15) is 19.8 Å². The van der Waals surface area contributed by atoms with Gasteiger partial charge in [-0.15, -0.1) is 0 Å². The fourth-order valence-electron chi connectivity index (χ4n) is 6.55. The first-order chi connectivity index (χ1) is 25.9. The summed E-state index contributed by atoms with van der Waals surface area (Å²) >= 11 is 8.01. The number of thioether (sulfide) groups is 1. The SMILES string of the molecule is CC(C)(O)c1ccccc1CC[C@@H](SCC1(CC(=O)[O-])CC1)c1cccc(/C=C/c2ccc3ccc(Cl)cc3n2)c1.NC1=NC(=O)C(c2ccccc2)O1.[Na+]. The minimum absolute atomic E-state index is 0. The molecule has 7 rings (SSSR count). The zero-order valence-electron chi connectivity index (χ0n) is 31.3. The van der Waals surface area contributed by atoms with Crippen LogP contribution < -0.4 is 40.4 Å². The molecule has 3 N–H and O–H groups in total. The van der Waals surface area contributed by atoms with Crippen LogP contribution in [0.2, 0.25) is 5.02 Å². The molecule has 11 heteroatoms. The quantitative estimate of drug-likeness (QED) is 0.155. The van der Waals surface area contributed by atoms with Crippen LogP contribution in [-0.2, 0) is 26.3 Å². The maximum Gasteiger partial charge on any atom is 1.00 e. The molecule has 1 saturated carbocycles. The molecular weight excluding hydrogens is 741 g/mol. The van der Waals surface area contributed by atoms with Crippen molar-refractivity contribution in [3.63, 3.8) is 0 Å². The van der Waals surface area contributed by atoms with E-state index in [-0.39, 0.29) is 58.6 Å². The number of rotatable bonds is 13. The Morgan fingerprint density at radius 1 is 1.02 bits per heavy atom. The first-order valence-corrected chi connectivity index (χ1v) is 19.4. The molecule has 0 saturated heterocycles. The topological polar surface area (TPSA) is 138 Å². The largest absolute Gasteiger partial charge is 1.00 e. The predicted octanol–water partition coefficient (Wildman–Crippen LogP) is 5.22. The number of amides is 1. The van der Waals surface area contributed by atoms with Crippen molar-refractivity contribution in [3.8, 4) is 0 Å². The van der Waals surface area contributed by atoms with Crippen LogP contribution >= 0.6 is 23.4 Å². The molecule has 1 unspecified atom stereocenters. The predicted molar refractivity (Wildman–Crippen MR) is 216 cm³/mol. The minimum atomic E-state index is -0.963. The van der Waals surface area contributed by atoms with E-state index in [1.807, 2.05) is 98.4 Å². The van der Waals surface area contributed by atoms with Gasteiger partial charge in [0.25, 0.3) is 11.9 Å². The number of nitrogens with two attached hydrogens (primary N) is 1. The molecule has 1 fully saturated rings. The van der Waals surface area contributed by atoms with Crippen LogP contribution in [0.3, 0.4) is 0 Å². The molecule has 8 nitrogen and oxygen atoms in total. The Morgan fingerprint density at radius 2 is 1.75 bits per heavy atom. The Bertz CT molecular complexity index is 2190. The minimum Gasteiger partial charge on any atom is -0.550 e. The van der Waals surface area contributed by atoms with Crippen LogP contribution in [0.4, 0.5) is 0 Å². The fraction of sp³-hybridized carbons (Fsp3) is 0.273. The molecule has 55 heavy (non-hydrogen) atoms. The Balaban J connectivity index is 0.000000349. The summed E-state index contributed by atoms with van der Waals surface area (Å²) in [6, 6.07) is 35.5. The second-order valence-corrected chi connectivity index (χ2v) is 16.0. The van der Waals surface area contributed by atoms with E-state index in [0.29, 0.717) is 5.02 Å². The smallest absolute Gasteiger partial charge is 0.550 e. The van der Waals surface area contributed by atoms with Gasteiger partial charge in [0, 0.05) is 27.2 Å². The summed E-state index contributed by atoms with van der Waals surface area (Å²) in [7, 11) is 0. The maximum atomic E-state index is 11.4. The molecule has 0 spiro atoms. The van der Waals surface area contributed by atoms with Gasteiger partial charge >= 0.3 is 29.6 Å². The zero-order valence-corrected chi connectivity index (χ0v) is 34.9. The van der Waals surface area contributed by atoms with Crippen molar-refractivity contribution in [1.29, 1.82) is 0 Å². The number of carboxylic acids is 1. The number of amidine groups is 1. The number of carbonyl (C=O) groups is 2. The number of pyridine rings is 1.